The molecule has 0 bridgehead atoms. The summed E-state index contributed by atoms with van der Waals surface area (Å²) in [4.78, 5) is 33.1. The van der Waals surface area contributed by atoms with Gasteiger partial charge < -0.3 is 11.1 Å². The molecule has 1 aliphatic heterocycles. The van der Waals surface area contributed by atoms with Crippen LogP contribution in [-0.2, 0) is 4.79 Å². The highest BCUT2D eigenvalue weighted by molar-refractivity contribution is 7.99. The number of Topliss-reactive ketones (excluding diaryl/α,β-unsaturated/α-hetero) is 1. The summed E-state index contributed by atoms with van der Waals surface area (Å²) in [5, 5.41) is 15.1. The molecule has 2 aliphatic rings. The van der Waals surface area contributed by atoms with Gasteiger partial charge in [0.15, 0.2) is 10.9 Å². The van der Waals surface area contributed by atoms with E-state index in [9.17, 15) is 14.9 Å². The average Bonchev–Trinajstić information content (AvgIpc) is 2.69. The lowest BCUT2D eigenvalue weighted by atomic mass is 9.69. The number of nitro benzene ring substituents is 1. The molecule has 1 aliphatic carbocycles. The minimum Gasteiger partial charge on any atom is -0.383 e. The summed E-state index contributed by atoms with van der Waals surface area (Å²) in [6, 6.07) is 6.29. The van der Waals surface area contributed by atoms with E-state index < -0.39 is 10.8 Å². The zero-order valence-corrected chi connectivity index (χ0v) is 18.6. The van der Waals surface area contributed by atoms with E-state index in [0.29, 0.717) is 40.8 Å². The number of nitrogens with two attached hydrogens (primary N) is 1. The molecule has 1 atom stereocenters. The lowest BCUT2D eigenvalue weighted by Crippen LogP contribution is -2.34. The fraction of sp³-hybridized carbons (Fsp3) is 0.409. The van der Waals surface area contributed by atoms with Gasteiger partial charge in [-0.3, -0.25) is 14.9 Å². The lowest BCUT2D eigenvalue weighted by molar-refractivity contribution is -0.384. The van der Waals surface area contributed by atoms with Crippen molar-refractivity contribution in [2.24, 2.45) is 5.41 Å². The minimum atomic E-state index is -0.458. The number of non-ortho nitro benzene ring substituents is 1. The first-order chi connectivity index (χ1) is 14.7. The molecule has 4 rings (SSSR count). The van der Waals surface area contributed by atoms with E-state index in [1.165, 1.54) is 23.9 Å². The number of nitrogen functional groups attached to an aromatic ring is 1. The SMILES string of the molecule is CCCSc1nc(N)c2c(n1)NC1=C(C(=O)CC(C)(C)C1)[C@@H]2c1ccc([N+](=O)[O-])cc1. The third-order valence-corrected chi connectivity index (χ3v) is 6.65. The molecule has 0 amide bonds. The molecule has 0 unspecified atom stereocenters. The largest absolute Gasteiger partial charge is 0.383 e. The Morgan fingerprint density at radius 1 is 1.26 bits per heavy atom. The van der Waals surface area contributed by atoms with Gasteiger partial charge in [-0.05, 0) is 23.8 Å². The van der Waals surface area contributed by atoms with Gasteiger partial charge in [-0.15, -0.1) is 0 Å². The maximum absolute atomic E-state index is 13.2. The molecule has 1 aromatic carbocycles. The van der Waals surface area contributed by atoms with Gasteiger partial charge in [0.25, 0.3) is 5.69 Å². The van der Waals surface area contributed by atoms with Crippen LogP contribution < -0.4 is 11.1 Å². The molecule has 2 heterocycles. The van der Waals surface area contributed by atoms with Gasteiger partial charge in [0.2, 0.25) is 0 Å². The number of ketones is 1. The Hall–Kier alpha value is -2.94. The fourth-order valence-corrected chi connectivity index (χ4v) is 5.00. The average molecular weight is 440 g/mol. The highest BCUT2D eigenvalue weighted by atomic mass is 32.2. The smallest absolute Gasteiger partial charge is 0.269 e. The highest BCUT2D eigenvalue weighted by Crippen LogP contribution is 2.50. The van der Waals surface area contributed by atoms with Crippen molar-refractivity contribution in [2.75, 3.05) is 16.8 Å². The fourth-order valence-electron chi connectivity index (χ4n) is 4.29. The number of nitrogens with zero attached hydrogens (tertiary/aromatic N) is 3. The van der Waals surface area contributed by atoms with Crippen LogP contribution in [0, 0.1) is 15.5 Å². The standard InChI is InChI=1S/C22H25N5O3S/c1-4-9-31-21-25-19(23)18-16(12-5-7-13(8-6-12)27(29)30)17-14(24-20(18)26-21)10-22(2,3)11-15(17)28/h5-8,16H,4,9-11H2,1-3H3,(H3,23,24,25,26)/t16-/m0/s1. The van der Waals surface area contributed by atoms with Crippen molar-refractivity contribution < 1.29 is 9.72 Å². The zero-order chi connectivity index (χ0) is 22.3. The van der Waals surface area contributed by atoms with Gasteiger partial charge in [0, 0.05) is 47.1 Å². The van der Waals surface area contributed by atoms with Gasteiger partial charge in [0.05, 0.1) is 4.92 Å². The molecule has 8 nitrogen and oxygen atoms in total. The molecule has 9 heteroatoms. The summed E-state index contributed by atoms with van der Waals surface area (Å²) in [5.41, 5.74) is 9.15. The number of aromatic nitrogens is 2. The predicted octanol–water partition coefficient (Wildman–Crippen LogP) is 4.67. The maximum atomic E-state index is 13.2. The van der Waals surface area contributed by atoms with E-state index in [1.54, 1.807) is 12.1 Å². The predicted molar refractivity (Wildman–Crippen MR) is 121 cm³/mol. The van der Waals surface area contributed by atoms with Crippen molar-refractivity contribution in [1.82, 2.24) is 9.97 Å². The summed E-state index contributed by atoms with van der Waals surface area (Å²) in [5.74, 6) is 1.41. The summed E-state index contributed by atoms with van der Waals surface area (Å²) in [6.45, 7) is 6.23. The van der Waals surface area contributed by atoms with Gasteiger partial charge in [0.1, 0.15) is 11.6 Å². The number of anilines is 2. The number of carbonyl (C=O) groups excluding carboxylic acids is 1. The molecule has 3 N–H and O–H groups in total. The molecule has 0 spiro atoms. The minimum absolute atomic E-state index is 0.00116. The molecule has 0 saturated heterocycles. The topological polar surface area (TPSA) is 124 Å². The van der Waals surface area contributed by atoms with E-state index in [-0.39, 0.29) is 16.9 Å². The van der Waals surface area contributed by atoms with Crippen molar-refractivity contribution in [3.8, 4) is 0 Å². The summed E-state index contributed by atoms with van der Waals surface area (Å²) < 4.78 is 0. The lowest BCUT2D eigenvalue weighted by Gasteiger charge is -2.39. The van der Waals surface area contributed by atoms with E-state index in [1.807, 2.05) is 0 Å². The number of allylic oxidation sites excluding steroid dienone is 2. The van der Waals surface area contributed by atoms with Crippen LogP contribution in [0.1, 0.15) is 57.1 Å². The molecule has 1 aromatic heterocycles. The second kappa shape index (κ2) is 7.96. The van der Waals surface area contributed by atoms with Gasteiger partial charge in [-0.2, -0.15) is 0 Å². The second-order valence-corrected chi connectivity index (χ2v) is 9.80. The Kier molecular flexibility index (Phi) is 5.47. The molecule has 0 fully saturated rings. The Balaban J connectivity index is 1.88. The maximum Gasteiger partial charge on any atom is 0.269 e. The number of thioether (sulfide) groups is 1. The first-order valence-electron chi connectivity index (χ1n) is 10.3. The number of fused-ring (bicyclic) bond motifs is 1. The Morgan fingerprint density at radius 2 is 1.97 bits per heavy atom. The molecule has 0 saturated carbocycles. The number of carbonyl (C=O) groups is 1. The number of hydrogen-bond acceptors (Lipinski definition) is 8. The molecule has 0 radical (unpaired) electrons. The number of nitrogens with one attached hydrogen (secondary N) is 1. The van der Waals surface area contributed by atoms with Crippen LogP contribution in [0.3, 0.4) is 0 Å². The number of nitro groups is 1. The van der Waals surface area contributed by atoms with E-state index in [2.05, 4.69) is 31.1 Å². The van der Waals surface area contributed by atoms with Crippen LogP contribution in [0.2, 0.25) is 0 Å². The van der Waals surface area contributed by atoms with E-state index >= 15 is 0 Å². The summed E-state index contributed by atoms with van der Waals surface area (Å²) >= 11 is 1.54. The van der Waals surface area contributed by atoms with Crippen LogP contribution in [-0.4, -0.2) is 26.4 Å². The van der Waals surface area contributed by atoms with Crippen molar-refractivity contribution in [1.29, 1.82) is 0 Å². The van der Waals surface area contributed by atoms with Crippen LogP contribution in [0.5, 0.6) is 0 Å². The molecular formula is C22H25N5O3S. The third kappa shape index (κ3) is 4.01. The first-order valence-corrected chi connectivity index (χ1v) is 11.3. The third-order valence-electron chi connectivity index (χ3n) is 5.59. The Bertz CT molecular complexity index is 1100. The molecular weight excluding hydrogens is 414 g/mol. The van der Waals surface area contributed by atoms with E-state index in [4.69, 9.17) is 10.7 Å². The monoisotopic (exact) mass is 439 g/mol. The van der Waals surface area contributed by atoms with Crippen molar-refractivity contribution in [3.63, 3.8) is 0 Å². The Labute approximate surface area is 184 Å². The summed E-state index contributed by atoms with van der Waals surface area (Å²) in [6.07, 6.45) is 2.12. The number of hydrogen-bond donors (Lipinski definition) is 2. The molecule has 31 heavy (non-hydrogen) atoms. The van der Waals surface area contributed by atoms with Crippen molar-refractivity contribution in [3.05, 3.63) is 56.8 Å². The second-order valence-electron chi connectivity index (χ2n) is 8.74. The zero-order valence-electron chi connectivity index (χ0n) is 17.8. The van der Waals surface area contributed by atoms with Gasteiger partial charge >= 0.3 is 0 Å². The number of rotatable bonds is 5. The normalized spacial score (nSPS) is 19.5. The quantitative estimate of drug-likeness (QED) is 0.298. The first kappa shape index (κ1) is 21.3. The van der Waals surface area contributed by atoms with Crippen LogP contribution in [0.15, 0.2) is 40.7 Å². The van der Waals surface area contributed by atoms with Crippen LogP contribution in [0.4, 0.5) is 17.3 Å². The van der Waals surface area contributed by atoms with E-state index in [0.717, 1.165) is 23.4 Å². The van der Waals surface area contributed by atoms with Crippen LogP contribution >= 0.6 is 11.8 Å². The Morgan fingerprint density at radius 3 is 2.61 bits per heavy atom. The molecule has 2 aromatic rings. The van der Waals surface area contributed by atoms with Crippen LogP contribution in [0.25, 0.3) is 0 Å². The highest BCUT2D eigenvalue weighted by Gasteiger charge is 2.42. The molecule has 162 valence electrons. The van der Waals surface area contributed by atoms with Crippen molar-refractivity contribution >= 4 is 34.9 Å². The summed E-state index contributed by atoms with van der Waals surface area (Å²) in [7, 11) is 0. The number of benzene rings is 1. The van der Waals surface area contributed by atoms with Crippen molar-refractivity contribution in [2.45, 2.75) is 51.1 Å². The van der Waals surface area contributed by atoms with Gasteiger partial charge in [-0.1, -0.05) is 44.7 Å². The van der Waals surface area contributed by atoms with Gasteiger partial charge in [-0.25, -0.2) is 9.97 Å².